The third-order valence-electron chi connectivity index (χ3n) is 3.06. The lowest BCUT2D eigenvalue weighted by Crippen LogP contribution is -2.16. The predicted molar refractivity (Wildman–Crippen MR) is 76.8 cm³/mol. The van der Waals surface area contributed by atoms with Crippen LogP contribution in [0.1, 0.15) is 21.5 Å². The molecule has 0 saturated heterocycles. The van der Waals surface area contributed by atoms with Gasteiger partial charge in [0.05, 0.1) is 18.4 Å². The molecule has 1 N–H and O–H groups in total. The Labute approximate surface area is 121 Å². The van der Waals surface area contributed by atoms with E-state index < -0.39 is 11.7 Å². The van der Waals surface area contributed by atoms with Gasteiger partial charge >= 0.3 is 0 Å². The van der Waals surface area contributed by atoms with Crippen LogP contribution in [0.3, 0.4) is 0 Å². The molecule has 0 aliphatic heterocycles. The maximum atomic E-state index is 13.8. The zero-order chi connectivity index (χ0) is 15.4. The number of amides is 1. The third-order valence-corrected chi connectivity index (χ3v) is 3.06. The Hall–Kier alpha value is -2.87. The summed E-state index contributed by atoms with van der Waals surface area (Å²) in [6, 6.07) is 11.2. The number of anilines is 1. The number of aryl methyl sites for hydroxylation is 1. The van der Waals surface area contributed by atoms with Crippen molar-refractivity contribution < 1.29 is 13.9 Å². The first kappa shape index (κ1) is 14.5. The van der Waals surface area contributed by atoms with Crippen LogP contribution in [0.4, 0.5) is 10.1 Å². The average Bonchev–Trinajstić information content (AvgIpc) is 2.47. The van der Waals surface area contributed by atoms with Crippen LogP contribution in [0.25, 0.3) is 0 Å². The number of nitrogens with zero attached hydrogens (tertiary/aromatic N) is 1. The van der Waals surface area contributed by atoms with E-state index >= 15 is 0 Å². The molecular formula is C16H13FN2O2. The third kappa shape index (κ3) is 2.84. The van der Waals surface area contributed by atoms with Gasteiger partial charge in [0, 0.05) is 0 Å². The quantitative estimate of drug-likeness (QED) is 0.941. The summed E-state index contributed by atoms with van der Waals surface area (Å²) in [5, 5.41) is 11.7. The molecule has 0 saturated carbocycles. The summed E-state index contributed by atoms with van der Waals surface area (Å²) >= 11 is 0. The first-order chi connectivity index (χ1) is 10.1. The summed E-state index contributed by atoms with van der Waals surface area (Å²) in [5.74, 6) is -1.20. The first-order valence-corrected chi connectivity index (χ1v) is 6.22. The van der Waals surface area contributed by atoms with Gasteiger partial charge in [0.15, 0.2) is 0 Å². The Balaban J connectivity index is 2.41. The molecule has 4 nitrogen and oxygen atoms in total. The topological polar surface area (TPSA) is 62.1 Å². The first-order valence-electron chi connectivity index (χ1n) is 6.22. The molecule has 0 aliphatic carbocycles. The average molecular weight is 284 g/mol. The number of ether oxygens (including phenoxy) is 1. The molecule has 106 valence electrons. The van der Waals surface area contributed by atoms with Crippen molar-refractivity contribution in [2.24, 2.45) is 0 Å². The van der Waals surface area contributed by atoms with E-state index in [0.717, 1.165) is 5.56 Å². The van der Waals surface area contributed by atoms with E-state index in [9.17, 15) is 9.18 Å². The van der Waals surface area contributed by atoms with Gasteiger partial charge in [-0.15, -0.1) is 0 Å². The summed E-state index contributed by atoms with van der Waals surface area (Å²) < 4.78 is 18.8. The van der Waals surface area contributed by atoms with Crippen molar-refractivity contribution >= 4 is 11.6 Å². The molecular weight excluding hydrogens is 271 g/mol. The molecule has 0 spiro atoms. The number of carbonyl (C=O) groups excluding carboxylic acids is 1. The lowest BCUT2D eigenvalue weighted by Gasteiger charge is -2.11. The highest BCUT2D eigenvalue weighted by atomic mass is 19.1. The largest absolute Gasteiger partial charge is 0.496 e. The fraction of sp³-hybridized carbons (Fsp3) is 0.125. The van der Waals surface area contributed by atoms with Gasteiger partial charge in [-0.1, -0.05) is 18.2 Å². The number of hydrogen-bond donors (Lipinski definition) is 1. The monoisotopic (exact) mass is 284 g/mol. The number of halogens is 1. The van der Waals surface area contributed by atoms with Gasteiger partial charge in [0.2, 0.25) is 0 Å². The molecule has 0 aliphatic rings. The molecule has 0 unspecified atom stereocenters. The van der Waals surface area contributed by atoms with Crippen molar-refractivity contribution in [2.45, 2.75) is 6.92 Å². The molecule has 0 fully saturated rings. The predicted octanol–water partition coefficient (Wildman–Crippen LogP) is 3.27. The number of hydrogen-bond acceptors (Lipinski definition) is 3. The summed E-state index contributed by atoms with van der Waals surface area (Å²) in [5.41, 5.74) is 1.23. The Kier molecular flexibility index (Phi) is 4.19. The fourth-order valence-electron chi connectivity index (χ4n) is 2.00. The van der Waals surface area contributed by atoms with Crippen LogP contribution in [0.5, 0.6) is 5.75 Å². The molecule has 2 aromatic rings. The van der Waals surface area contributed by atoms with Crippen LogP contribution in [0, 0.1) is 24.1 Å². The minimum absolute atomic E-state index is 0.138. The van der Waals surface area contributed by atoms with Crippen molar-refractivity contribution in [3.63, 3.8) is 0 Å². The highest BCUT2D eigenvalue weighted by Gasteiger charge is 2.19. The van der Waals surface area contributed by atoms with E-state index in [-0.39, 0.29) is 11.3 Å². The van der Waals surface area contributed by atoms with Crippen molar-refractivity contribution in [1.29, 1.82) is 5.26 Å². The van der Waals surface area contributed by atoms with E-state index in [1.54, 1.807) is 25.1 Å². The number of benzene rings is 2. The second-order valence-electron chi connectivity index (χ2n) is 4.38. The van der Waals surface area contributed by atoms with Crippen LogP contribution in [-0.2, 0) is 0 Å². The summed E-state index contributed by atoms with van der Waals surface area (Å²) in [6.07, 6.45) is 0. The highest BCUT2D eigenvalue weighted by Crippen LogP contribution is 2.24. The van der Waals surface area contributed by atoms with Crippen LogP contribution < -0.4 is 10.1 Å². The number of carbonyl (C=O) groups is 1. The maximum absolute atomic E-state index is 13.8. The van der Waals surface area contributed by atoms with Gasteiger partial charge in [-0.25, -0.2) is 4.39 Å². The molecule has 1 amide bonds. The molecule has 5 heteroatoms. The van der Waals surface area contributed by atoms with Gasteiger partial charge < -0.3 is 10.1 Å². The Morgan fingerprint density at radius 3 is 2.67 bits per heavy atom. The summed E-state index contributed by atoms with van der Waals surface area (Å²) in [6.45, 7) is 1.76. The van der Waals surface area contributed by atoms with E-state index in [4.69, 9.17) is 10.00 Å². The second kappa shape index (κ2) is 6.06. The smallest absolute Gasteiger partial charge is 0.262 e. The van der Waals surface area contributed by atoms with Gasteiger partial charge in [-0.05, 0) is 30.7 Å². The SMILES string of the molecule is COc1cccc(F)c1C(=O)Nc1cccc(C)c1C#N. The molecule has 0 radical (unpaired) electrons. The van der Waals surface area contributed by atoms with Crippen molar-refractivity contribution in [3.05, 3.63) is 58.9 Å². The lowest BCUT2D eigenvalue weighted by molar-refractivity contribution is 0.102. The lowest BCUT2D eigenvalue weighted by atomic mass is 10.1. The molecule has 0 heterocycles. The molecule has 0 atom stereocenters. The van der Waals surface area contributed by atoms with Crippen molar-refractivity contribution in [2.75, 3.05) is 12.4 Å². The Morgan fingerprint density at radius 2 is 2.00 bits per heavy atom. The molecule has 2 rings (SSSR count). The molecule has 0 aromatic heterocycles. The fourth-order valence-corrected chi connectivity index (χ4v) is 2.00. The Bertz CT molecular complexity index is 736. The van der Waals surface area contributed by atoms with Crippen LogP contribution in [0.15, 0.2) is 36.4 Å². The van der Waals surface area contributed by atoms with E-state index in [1.165, 1.54) is 25.3 Å². The molecule has 2 aromatic carbocycles. The summed E-state index contributed by atoms with van der Waals surface area (Å²) in [4.78, 5) is 12.3. The van der Waals surface area contributed by atoms with Crippen LogP contribution >= 0.6 is 0 Å². The minimum Gasteiger partial charge on any atom is -0.496 e. The van der Waals surface area contributed by atoms with Crippen molar-refractivity contribution in [1.82, 2.24) is 0 Å². The Morgan fingerprint density at radius 1 is 1.29 bits per heavy atom. The number of nitrogens with one attached hydrogen (secondary N) is 1. The number of nitriles is 1. The van der Waals surface area contributed by atoms with Gasteiger partial charge in [0.1, 0.15) is 23.2 Å². The minimum atomic E-state index is -0.682. The van der Waals surface area contributed by atoms with Crippen LogP contribution in [-0.4, -0.2) is 13.0 Å². The van der Waals surface area contributed by atoms with E-state index in [2.05, 4.69) is 5.32 Å². The standard InChI is InChI=1S/C16H13FN2O2/c1-10-5-3-7-13(11(10)9-18)19-16(20)15-12(17)6-4-8-14(15)21-2/h3-8H,1-2H3,(H,19,20). The zero-order valence-corrected chi connectivity index (χ0v) is 11.6. The molecule has 21 heavy (non-hydrogen) atoms. The van der Waals surface area contributed by atoms with Crippen LogP contribution in [0.2, 0.25) is 0 Å². The molecule has 0 bridgehead atoms. The zero-order valence-electron chi connectivity index (χ0n) is 11.6. The normalized spacial score (nSPS) is 9.81. The number of methoxy groups -OCH3 is 1. The maximum Gasteiger partial charge on any atom is 0.262 e. The van der Waals surface area contributed by atoms with Gasteiger partial charge in [-0.3, -0.25) is 4.79 Å². The second-order valence-corrected chi connectivity index (χ2v) is 4.38. The van der Waals surface area contributed by atoms with Gasteiger partial charge in [0.25, 0.3) is 5.91 Å². The number of rotatable bonds is 3. The highest BCUT2D eigenvalue weighted by molar-refractivity contribution is 6.07. The van der Waals surface area contributed by atoms with Gasteiger partial charge in [-0.2, -0.15) is 5.26 Å². The van der Waals surface area contributed by atoms with Crippen molar-refractivity contribution in [3.8, 4) is 11.8 Å². The summed E-state index contributed by atoms with van der Waals surface area (Å²) in [7, 11) is 1.36. The van der Waals surface area contributed by atoms with E-state index in [0.29, 0.717) is 11.3 Å². The van der Waals surface area contributed by atoms with E-state index in [1.807, 2.05) is 6.07 Å².